The maximum absolute atomic E-state index is 11.0. The molecule has 0 aromatic carbocycles. The number of rotatable bonds is 3. The first-order valence-corrected chi connectivity index (χ1v) is 7.03. The lowest BCUT2D eigenvalue weighted by atomic mass is 9.92. The average Bonchev–Trinajstić information content (AvgIpc) is 2.83. The molecule has 1 aliphatic rings. The largest absolute Gasteiger partial charge is 0.481 e. The minimum atomic E-state index is -0.663. The van der Waals surface area contributed by atoms with Crippen LogP contribution in [0.15, 0.2) is 30.6 Å². The van der Waals surface area contributed by atoms with E-state index in [1.807, 2.05) is 35.0 Å². The molecule has 0 radical (unpaired) electrons. The first-order chi connectivity index (χ1) is 9.63. The summed E-state index contributed by atoms with van der Waals surface area (Å²) < 4.78 is 2.02. The minimum Gasteiger partial charge on any atom is -0.481 e. The summed E-state index contributed by atoms with van der Waals surface area (Å²) in [5, 5.41) is 9.09. The third-order valence-electron chi connectivity index (χ3n) is 4.14. The Balaban J connectivity index is 1.70. The van der Waals surface area contributed by atoms with E-state index in [0.717, 1.165) is 37.3 Å². The van der Waals surface area contributed by atoms with Crippen molar-refractivity contribution in [3.05, 3.63) is 36.3 Å². The van der Waals surface area contributed by atoms with Gasteiger partial charge in [0.2, 0.25) is 0 Å². The molecule has 0 aliphatic carbocycles. The Morgan fingerprint density at radius 1 is 1.50 bits per heavy atom. The molecule has 5 heteroatoms. The van der Waals surface area contributed by atoms with Crippen LogP contribution in [0, 0.1) is 5.92 Å². The van der Waals surface area contributed by atoms with Crippen LogP contribution in [0.25, 0.3) is 5.65 Å². The van der Waals surface area contributed by atoms with E-state index < -0.39 is 5.97 Å². The molecule has 1 N–H and O–H groups in total. The fourth-order valence-electron chi connectivity index (χ4n) is 2.95. The number of hydrogen-bond donors (Lipinski definition) is 1. The van der Waals surface area contributed by atoms with E-state index in [1.54, 1.807) is 0 Å². The van der Waals surface area contributed by atoms with Gasteiger partial charge in [0, 0.05) is 25.0 Å². The van der Waals surface area contributed by atoms with E-state index in [-0.39, 0.29) is 12.0 Å². The van der Waals surface area contributed by atoms with E-state index in [1.165, 1.54) is 0 Å². The number of fused-ring (bicyclic) bond motifs is 1. The molecule has 2 unspecified atom stereocenters. The Labute approximate surface area is 117 Å². The average molecular weight is 273 g/mol. The molecule has 106 valence electrons. The van der Waals surface area contributed by atoms with Gasteiger partial charge in [-0.2, -0.15) is 0 Å². The van der Waals surface area contributed by atoms with Crippen molar-refractivity contribution >= 4 is 11.6 Å². The summed E-state index contributed by atoms with van der Waals surface area (Å²) in [6, 6.07) is 6.24. The number of piperidine rings is 1. The Morgan fingerprint density at radius 3 is 3.05 bits per heavy atom. The summed E-state index contributed by atoms with van der Waals surface area (Å²) in [4.78, 5) is 18.0. The van der Waals surface area contributed by atoms with E-state index in [4.69, 9.17) is 5.11 Å². The second-order valence-electron chi connectivity index (χ2n) is 5.58. The first kappa shape index (κ1) is 13.1. The quantitative estimate of drug-likeness (QED) is 0.929. The van der Waals surface area contributed by atoms with Gasteiger partial charge in [-0.1, -0.05) is 6.07 Å². The number of carbonyl (C=O) groups is 1. The van der Waals surface area contributed by atoms with Crippen LogP contribution in [-0.4, -0.2) is 37.9 Å². The van der Waals surface area contributed by atoms with Gasteiger partial charge in [-0.05, 0) is 38.4 Å². The third kappa shape index (κ3) is 2.54. The standard InChI is InChI=1S/C15H19N3O2/c1-11-8-12(15(19)20)5-7-17(11)9-13-10-18-6-3-2-4-14(18)16-13/h2-4,6,10-12H,5,7-9H2,1H3,(H,19,20). The molecular weight excluding hydrogens is 254 g/mol. The van der Waals surface area contributed by atoms with Crippen molar-refractivity contribution in [1.29, 1.82) is 0 Å². The summed E-state index contributed by atoms with van der Waals surface area (Å²) in [5.41, 5.74) is 1.99. The van der Waals surface area contributed by atoms with Gasteiger partial charge in [0.15, 0.2) is 0 Å². The monoisotopic (exact) mass is 273 g/mol. The Morgan fingerprint density at radius 2 is 2.35 bits per heavy atom. The van der Waals surface area contributed by atoms with Crippen LogP contribution >= 0.6 is 0 Å². The number of carboxylic acid groups (broad SMARTS) is 1. The summed E-state index contributed by atoms with van der Waals surface area (Å²) in [6.07, 6.45) is 5.49. The second kappa shape index (κ2) is 5.25. The number of pyridine rings is 1. The molecular formula is C15H19N3O2. The van der Waals surface area contributed by atoms with Crippen molar-refractivity contribution in [3.8, 4) is 0 Å². The number of aliphatic carboxylic acids is 1. The highest BCUT2D eigenvalue weighted by atomic mass is 16.4. The summed E-state index contributed by atoms with van der Waals surface area (Å²) in [5.74, 6) is -0.855. The second-order valence-corrected chi connectivity index (χ2v) is 5.58. The van der Waals surface area contributed by atoms with E-state index in [9.17, 15) is 4.79 Å². The van der Waals surface area contributed by atoms with Crippen LogP contribution in [0.2, 0.25) is 0 Å². The lowest BCUT2D eigenvalue weighted by molar-refractivity contribution is -0.144. The topological polar surface area (TPSA) is 57.8 Å². The summed E-state index contributed by atoms with van der Waals surface area (Å²) in [6.45, 7) is 3.71. The van der Waals surface area contributed by atoms with E-state index in [2.05, 4.69) is 16.8 Å². The molecule has 0 saturated carbocycles. The number of likely N-dealkylation sites (tertiary alicyclic amines) is 1. The fourth-order valence-corrected chi connectivity index (χ4v) is 2.95. The number of carboxylic acids is 1. The Bertz CT molecular complexity index is 589. The molecule has 0 spiro atoms. The van der Waals surface area contributed by atoms with Crippen LogP contribution in [-0.2, 0) is 11.3 Å². The lowest BCUT2D eigenvalue weighted by Crippen LogP contribution is -2.42. The highest BCUT2D eigenvalue weighted by molar-refractivity contribution is 5.70. The maximum Gasteiger partial charge on any atom is 0.306 e. The van der Waals surface area contributed by atoms with Gasteiger partial charge >= 0.3 is 5.97 Å². The molecule has 2 aromatic heterocycles. The molecule has 3 rings (SSSR count). The molecule has 2 atom stereocenters. The molecule has 1 aliphatic heterocycles. The predicted octanol–water partition coefficient (Wildman–Crippen LogP) is 2.02. The predicted molar refractivity (Wildman–Crippen MR) is 75.4 cm³/mol. The van der Waals surface area contributed by atoms with Gasteiger partial charge < -0.3 is 9.51 Å². The molecule has 3 heterocycles. The molecule has 1 fully saturated rings. The maximum atomic E-state index is 11.0. The van der Waals surface area contributed by atoms with E-state index >= 15 is 0 Å². The Hall–Kier alpha value is -1.88. The van der Waals surface area contributed by atoms with Crippen LogP contribution in [0.5, 0.6) is 0 Å². The van der Waals surface area contributed by atoms with Gasteiger partial charge in [-0.25, -0.2) is 4.98 Å². The van der Waals surface area contributed by atoms with Crippen molar-refractivity contribution < 1.29 is 9.90 Å². The normalized spacial score (nSPS) is 24.1. The minimum absolute atomic E-state index is 0.192. The van der Waals surface area contributed by atoms with Crippen molar-refractivity contribution in [2.24, 2.45) is 5.92 Å². The van der Waals surface area contributed by atoms with Crippen molar-refractivity contribution in [2.75, 3.05) is 6.54 Å². The fraction of sp³-hybridized carbons (Fsp3) is 0.467. The van der Waals surface area contributed by atoms with Crippen molar-refractivity contribution in [1.82, 2.24) is 14.3 Å². The highest BCUT2D eigenvalue weighted by Gasteiger charge is 2.29. The van der Waals surface area contributed by atoms with Gasteiger partial charge in [-0.15, -0.1) is 0 Å². The van der Waals surface area contributed by atoms with Crippen LogP contribution in [0.1, 0.15) is 25.5 Å². The Kier molecular flexibility index (Phi) is 3.44. The molecule has 0 bridgehead atoms. The van der Waals surface area contributed by atoms with Crippen LogP contribution < -0.4 is 0 Å². The smallest absolute Gasteiger partial charge is 0.306 e. The molecule has 20 heavy (non-hydrogen) atoms. The number of nitrogens with zero attached hydrogens (tertiary/aromatic N) is 3. The summed E-state index contributed by atoms with van der Waals surface area (Å²) in [7, 11) is 0. The number of hydrogen-bond acceptors (Lipinski definition) is 3. The third-order valence-corrected chi connectivity index (χ3v) is 4.14. The van der Waals surface area contributed by atoms with Gasteiger partial charge in [-0.3, -0.25) is 9.69 Å². The van der Waals surface area contributed by atoms with Gasteiger partial charge in [0.25, 0.3) is 0 Å². The van der Waals surface area contributed by atoms with Crippen molar-refractivity contribution in [2.45, 2.75) is 32.4 Å². The molecule has 1 saturated heterocycles. The molecule has 0 amide bonds. The lowest BCUT2D eigenvalue weighted by Gasteiger charge is -2.35. The first-order valence-electron chi connectivity index (χ1n) is 7.03. The number of imidazole rings is 1. The molecule has 2 aromatic rings. The van der Waals surface area contributed by atoms with Gasteiger partial charge in [0.1, 0.15) is 5.65 Å². The zero-order valence-electron chi connectivity index (χ0n) is 11.6. The SMILES string of the molecule is CC1CC(C(=O)O)CCN1Cc1cn2ccccc2n1. The molecule has 5 nitrogen and oxygen atoms in total. The number of aromatic nitrogens is 2. The zero-order valence-corrected chi connectivity index (χ0v) is 11.6. The zero-order chi connectivity index (χ0) is 14.1. The highest BCUT2D eigenvalue weighted by Crippen LogP contribution is 2.24. The van der Waals surface area contributed by atoms with Gasteiger partial charge in [0.05, 0.1) is 11.6 Å². The van der Waals surface area contributed by atoms with E-state index in [0.29, 0.717) is 0 Å². The van der Waals surface area contributed by atoms with Crippen LogP contribution in [0.3, 0.4) is 0 Å². The summed E-state index contributed by atoms with van der Waals surface area (Å²) >= 11 is 0. The van der Waals surface area contributed by atoms with Crippen molar-refractivity contribution in [3.63, 3.8) is 0 Å². The van der Waals surface area contributed by atoms with Crippen LogP contribution in [0.4, 0.5) is 0 Å².